The zero-order valence-corrected chi connectivity index (χ0v) is 13.3. The lowest BCUT2D eigenvalue weighted by Gasteiger charge is -2.15. The third-order valence-electron chi connectivity index (χ3n) is 2.80. The molecular weight excluding hydrogens is 344 g/mol. The average Bonchev–Trinajstić information content (AvgIpc) is 2.88. The van der Waals surface area contributed by atoms with E-state index in [1.807, 2.05) is 24.3 Å². The molecule has 0 saturated heterocycles. The Morgan fingerprint density at radius 1 is 1.30 bits per heavy atom. The lowest BCUT2D eigenvalue weighted by Crippen LogP contribution is -2.26. The third kappa shape index (κ3) is 3.29. The topological polar surface area (TPSA) is 76.5 Å². The van der Waals surface area contributed by atoms with Gasteiger partial charge in [-0.2, -0.15) is 4.31 Å². The van der Waals surface area contributed by atoms with Gasteiger partial charge in [0.15, 0.2) is 0 Å². The van der Waals surface area contributed by atoms with Crippen LogP contribution in [0.1, 0.15) is 11.3 Å². The Morgan fingerprint density at radius 3 is 2.65 bits per heavy atom. The SMILES string of the molecule is CN(Cc1cccc(Br)c1)S(=O)(=O)c1ccc(CN)o1. The summed E-state index contributed by atoms with van der Waals surface area (Å²) in [6.07, 6.45) is 0. The summed E-state index contributed by atoms with van der Waals surface area (Å²) in [5.41, 5.74) is 6.30. The van der Waals surface area contributed by atoms with Crippen molar-refractivity contribution >= 4 is 26.0 Å². The molecule has 2 rings (SSSR count). The molecule has 1 heterocycles. The molecule has 0 unspecified atom stereocenters. The molecule has 0 aliphatic carbocycles. The summed E-state index contributed by atoms with van der Waals surface area (Å²) in [6.45, 7) is 0.436. The van der Waals surface area contributed by atoms with E-state index in [1.54, 1.807) is 6.07 Å². The number of rotatable bonds is 5. The summed E-state index contributed by atoms with van der Waals surface area (Å²) in [5, 5.41) is -0.0875. The lowest BCUT2D eigenvalue weighted by molar-refractivity contribution is 0.387. The van der Waals surface area contributed by atoms with Gasteiger partial charge in [-0.1, -0.05) is 28.1 Å². The van der Waals surface area contributed by atoms with Gasteiger partial charge in [-0.15, -0.1) is 0 Å². The highest BCUT2D eigenvalue weighted by atomic mass is 79.9. The fraction of sp³-hybridized carbons (Fsp3) is 0.231. The lowest BCUT2D eigenvalue weighted by atomic mass is 10.2. The van der Waals surface area contributed by atoms with Gasteiger partial charge >= 0.3 is 0 Å². The number of hydrogen-bond donors (Lipinski definition) is 1. The first kappa shape index (κ1) is 15.2. The Hall–Kier alpha value is -1.15. The molecular formula is C13H15BrN2O3S. The Balaban J connectivity index is 2.21. The maximum atomic E-state index is 12.3. The smallest absolute Gasteiger partial charge is 0.276 e. The number of benzene rings is 1. The van der Waals surface area contributed by atoms with Crippen LogP contribution in [0.4, 0.5) is 0 Å². The summed E-state index contributed by atoms with van der Waals surface area (Å²) in [6, 6.07) is 10.5. The number of nitrogens with zero attached hydrogens (tertiary/aromatic N) is 1. The van der Waals surface area contributed by atoms with Crippen molar-refractivity contribution in [3.8, 4) is 0 Å². The quantitative estimate of drug-likeness (QED) is 0.889. The Labute approximate surface area is 126 Å². The predicted molar refractivity (Wildman–Crippen MR) is 79.4 cm³/mol. The van der Waals surface area contributed by atoms with Crippen molar-refractivity contribution in [1.82, 2.24) is 4.31 Å². The molecule has 0 radical (unpaired) electrons. The zero-order valence-electron chi connectivity index (χ0n) is 10.9. The van der Waals surface area contributed by atoms with Gasteiger partial charge < -0.3 is 10.2 Å². The van der Waals surface area contributed by atoms with Crippen LogP contribution in [0.15, 0.2) is 50.4 Å². The van der Waals surface area contributed by atoms with Crippen LogP contribution in [0.2, 0.25) is 0 Å². The van der Waals surface area contributed by atoms with Crippen LogP contribution in [-0.2, 0) is 23.1 Å². The van der Waals surface area contributed by atoms with Crippen LogP contribution in [-0.4, -0.2) is 19.8 Å². The van der Waals surface area contributed by atoms with E-state index in [-0.39, 0.29) is 18.2 Å². The molecule has 108 valence electrons. The summed E-state index contributed by atoms with van der Waals surface area (Å²) < 4.78 is 32.0. The second kappa shape index (κ2) is 6.09. The number of furan rings is 1. The maximum absolute atomic E-state index is 12.3. The first-order chi connectivity index (χ1) is 9.43. The van der Waals surface area contributed by atoms with Gasteiger partial charge in [0, 0.05) is 18.1 Å². The molecule has 0 bridgehead atoms. The van der Waals surface area contributed by atoms with Gasteiger partial charge in [-0.25, -0.2) is 8.42 Å². The fourth-order valence-corrected chi connectivity index (χ4v) is 3.26. The first-order valence-electron chi connectivity index (χ1n) is 5.93. The van der Waals surface area contributed by atoms with Gasteiger partial charge in [-0.05, 0) is 29.8 Å². The minimum absolute atomic E-state index is 0.0875. The highest BCUT2D eigenvalue weighted by molar-refractivity contribution is 9.10. The van der Waals surface area contributed by atoms with Crippen LogP contribution in [0.3, 0.4) is 0 Å². The van der Waals surface area contributed by atoms with E-state index in [4.69, 9.17) is 10.2 Å². The van der Waals surface area contributed by atoms with Crippen molar-refractivity contribution in [3.05, 3.63) is 52.2 Å². The molecule has 2 aromatic rings. The van der Waals surface area contributed by atoms with E-state index in [1.165, 1.54) is 17.4 Å². The highest BCUT2D eigenvalue weighted by Gasteiger charge is 2.24. The van der Waals surface area contributed by atoms with E-state index < -0.39 is 10.0 Å². The molecule has 0 spiro atoms. The summed E-state index contributed by atoms with van der Waals surface area (Å²) in [7, 11) is -2.13. The number of nitrogens with two attached hydrogens (primary N) is 1. The molecule has 0 fully saturated rings. The molecule has 20 heavy (non-hydrogen) atoms. The number of sulfonamides is 1. The standard InChI is InChI=1S/C13H15BrN2O3S/c1-16(9-10-3-2-4-11(14)7-10)20(17,18)13-6-5-12(8-15)19-13/h2-7H,8-9,15H2,1H3. The van der Waals surface area contributed by atoms with Crippen molar-refractivity contribution < 1.29 is 12.8 Å². The largest absolute Gasteiger partial charge is 0.447 e. The van der Waals surface area contributed by atoms with Crippen molar-refractivity contribution in [1.29, 1.82) is 0 Å². The van der Waals surface area contributed by atoms with E-state index in [9.17, 15) is 8.42 Å². The minimum atomic E-state index is -3.64. The van der Waals surface area contributed by atoms with E-state index in [2.05, 4.69) is 15.9 Å². The highest BCUT2D eigenvalue weighted by Crippen LogP contribution is 2.20. The maximum Gasteiger partial charge on any atom is 0.276 e. The zero-order chi connectivity index (χ0) is 14.8. The molecule has 1 aromatic heterocycles. The Kier molecular flexibility index (Phi) is 4.64. The molecule has 5 nitrogen and oxygen atoms in total. The normalized spacial score (nSPS) is 12.0. The van der Waals surface area contributed by atoms with Crippen molar-refractivity contribution in [2.75, 3.05) is 7.05 Å². The van der Waals surface area contributed by atoms with Crippen molar-refractivity contribution in [2.45, 2.75) is 18.2 Å². The van der Waals surface area contributed by atoms with Crippen LogP contribution >= 0.6 is 15.9 Å². The Morgan fingerprint density at radius 2 is 2.05 bits per heavy atom. The molecule has 0 amide bonds. The second-order valence-electron chi connectivity index (χ2n) is 4.32. The van der Waals surface area contributed by atoms with Gasteiger partial charge in [0.1, 0.15) is 5.76 Å². The van der Waals surface area contributed by atoms with Crippen LogP contribution in [0.25, 0.3) is 0 Å². The summed E-state index contributed by atoms with van der Waals surface area (Å²) in [5.74, 6) is 0.444. The van der Waals surface area contributed by atoms with Crippen LogP contribution in [0, 0.1) is 0 Å². The third-order valence-corrected chi connectivity index (χ3v) is 4.97. The van der Waals surface area contributed by atoms with E-state index in [0.717, 1.165) is 10.0 Å². The number of halogens is 1. The summed E-state index contributed by atoms with van der Waals surface area (Å²) in [4.78, 5) is 0. The first-order valence-corrected chi connectivity index (χ1v) is 8.16. The van der Waals surface area contributed by atoms with Crippen molar-refractivity contribution in [3.63, 3.8) is 0 Å². The fourth-order valence-electron chi connectivity index (χ4n) is 1.74. The van der Waals surface area contributed by atoms with Crippen LogP contribution < -0.4 is 5.73 Å². The molecule has 0 aliphatic heterocycles. The molecule has 1 aromatic carbocycles. The van der Waals surface area contributed by atoms with E-state index >= 15 is 0 Å². The minimum Gasteiger partial charge on any atom is -0.447 e. The molecule has 0 atom stereocenters. The number of hydrogen-bond acceptors (Lipinski definition) is 4. The molecule has 2 N–H and O–H groups in total. The summed E-state index contributed by atoms with van der Waals surface area (Å²) >= 11 is 3.36. The van der Waals surface area contributed by atoms with Gasteiger partial charge in [0.25, 0.3) is 10.0 Å². The average molecular weight is 359 g/mol. The van der Waals surface area contributed by atoms with Crippen molar-refractivity contribution in [2.24, 2.45) is 5.73 Å². The van der Waals surface area contributed by atoms with Gasteiger partial charge in [-0.3, -0.25) is 0 Å². The van der Waals surface area contributed by atoms with Crippen LogP contribution in [0.5, 0.6) is 0 Å². The second-order valence-corrected chi connectivity index (χ2v) is 7.21. The van der Waals surface area contributed by atoms with Gasteiger partial charge in [0.05, 0.1) is 6.54 Å². The molecule has 0 aliphatic rings. The van der Waals surface area contributed by atoms with Gasteiger partial charge in [0.2, 0.25) is 5.09 Å². The van der Waals surface area contributed by atoms with E-state index in [0.29, 0.717) is 5.76 Å². The monoisotopic (exact) mass is 358 g/mol. The molecule has 7 heteroatoms. The Bertz CT molecular complexity index is 697. The predicted octanol–water partition coefficient (Wildman–Crippen LogP) is 2.32. The molecule has 0 saturated carbocycles.